The van der Waals surface area contributed by atoms with Crippen molar-refractivity contribution in [2.24, 2.45) is 5.73 Å². The van der Waals surface area contributed by atoms with Gasteiger partial charge in [-0.15, -0.1) is 12.4 Å². The van der Waals surface area contributed by atoms with Crippen molar-refractivity contribution in [3.63, 3.8) is 0 Å². The van der Waals surface area contributed by atoms with Gasteiger partial charge in [0.2, 0.25) is 5.91 Å². The molecule has 1 amide bonds. The van der Waals surface area contributed by atoms with Gasteiger partial charge in [0.1, 0.15) is 0 Å². The van der Waals surface area contributed by atoms with Crippen LogP contribution < -0.4 is 5.73 Å². The highest BCUT2D eigenvalue weighted by Crippen LogP contribution is 2.04. The van der Waals surface area contributed by atoms with Gasteiger partial charge in [0.15, 0.2) is 0 Å². The van der Waals surface area contributed by atoms with Crippen LogP contribution in [0.4, 0.5) is 0 Å². The Labute approximate surface area is 103 Å². The first-order valence-corrected chi connectivity index (χ1v) is 5.50. The number of nitrogens with two attached hydrogens (primary N) is 1. The number of aliphatic hydroxyl groups excluding tert-OH is 1. The number of aliphatic hydroxyl groups is 1. The van der Waals surface area contributed by atoms with E-state index in [1.165, 1.54) is 0 Å². The lowest BCUT2D eigenvalue weighted by molar-refractivity contribution is -0.133. The van der Waals surface area contributed by atoms with Gasteiger partial charge >= 0.3 is 0 Å². The third kappa shape index (κ3) is 5.12. The predicted octanol–water partition coefficient (Wildman–Crippen LogP) is -0.718. The van der Waals surface area contributed by atoms with Crippen LogP contribution in [0.25, 0.3) is 0 Å². The van der Waals surface area contributed by atoms with Crippen LogP contribution >= 0.6 is 12.4 Å². The third-order valence-electron chi connectivity index (χ3n) is 2.64. The molecule has 1 saturated heterocycles. The fraction of sp³-hybridized carbons (Fsp3) is 0.900. The summed E-state index contributed by atoms with van der Waals surface area (Å²) in [6.45, 7) is 5.95. The van der Waals surface area contributed by atoms with Gasteiger partial charge in [-0.3, -0.25) is 9.69 Å². The number of carbonyl (C=O) groups is 1. The van der Waals surface area contributed by atoms with Crippen LogP contribution in [0.1, 0.15) is 13.3 Å². The van der Waals surface area contributed by atoms with E-state index in [9.17, 15) is 4.79 Å². The van der Waals surface area contributed by atoms with E-state index in [1.54, 1.807) is 0 Å². The molecule has 16 heavy (non-hydrogen) atoms. The SMILES string of the molecule is CC(N)CC(=O)N1CCN(CCO)CC1.Cl. The minimum atomic E-state index is -0.0621. The second-order valence-corrected chi connectivity index (χ2v) is 4.13. The van der Waals surface area contributed by atoms with E-state index in [2.05, 4.69) is 4.90 Å². The Morgan fingerprint density at radius 3 is 2.38 bits per heavy atom. The Bertz CT molecular complexity index is 206. The number of β-amino-alcohol motifs (C(OH)–C–C–N with tert-alkyl or cyclic N) is 1. The molecule has 96 valence electrons. The molecule has 0 aromatic heterocycles. The number of hydrogen-bond acceptors (Lipinski definition) is 4. The molecule has 0 aliphatic carbocycles. The summed E-state index contributed by atoms with van der Waals surface area (Å²) in [6.07, 6.45) is 0.431. The lowest BCUT2D eigenvalue weighted by Crippen LogP contribution is -2.50. The molecular weight excluding hydrogens is 230 g/mol. The topological polar surface area (TPSA) is 69.8 Å². The van der Waals surface area contributed by atoms with Gasteiger partial charge < -0.3 is 15.7 Å². The molecule has 0 spiro atoms. The molecule has 1 unspecified atom stereocenters. The lowest BCUT2D eigenvalue weighted by Gasteiger charge is -2.34. The summed E-state index contributed by atoms with van der Waals surface area (Å²) in [5.74, 6) is 0.147. The van der Waals surface area contributed by atoms with E-state index in [0.29, 0.717) is 13.0 Å². The van der Waals surface area contributed by atoms with E-state index in [0.717, 1.165) is 26.2 Å². The maximum atomic E-state index is 11.7. The molecule has 0 aromatic carbocycles. The first-order valence-electron chi connectivity index (χ1n) is 5.50. The largest absolute Gasteiger partial charge is 0.395 e. The Morgan fingerprint density at radius 2 is 1.94 bits per heavy atom. The molecule has 1 rings (SSSR count). The molecule has 1 aliphatic rings. The van der Waals surface area contributed by atoms with Crippen LogP contribution in [0.2, 0.25) is 0 Å². The number of carbonyl (C=O) groups excluding carboxylic acids is 1. The monoisotopic (exact) mass is 251 g/mol. The van der Waals surface area contributed by atoms with Crippen molar-refractivity contribution in [1.82, 2.24) is 9.80 Å². The quantitative estimate of drug-likeness (QED) is 0.692. The van der Waals surface area contributed by atoms with Gasteiger partial charge in [0.05, 0.1) is 6.61 Å². The summed E-state index contributed by atoms with van der Waals surface area (Å²) in [7, 11) is 0. The Morgan fingerprint density at radius 1 is 1.38 bits per heavy atom. The number of nitrogens with zero attached hydrogens (tertiary/aromatic N) is 2. The molecule has 5 nitrogen and oxygen atoms in total. The van der Waals surface area contributed by atoms with E-state index in [4.69, 9.17) is 10.8 Å². The van der Waals surface area contributed by atoms with Crippen molar-refractivity contribution < 1.29 is 9.90 Å². The second kappa shape index (κ2) is 7.84. The summed E-state index contributed by atoms with van der Waals surface area (Å²) < 4.78 is 0. The summed E-state index contributed by atoms with van der Waals surface area (Å²) in [6, 6.07) is -0.0621. The first kappa shape index (κ1) is 15.6. The maximum absolute atomic E-state index is 11.7. The number of halogens is 1. The minimum absolute atomic E-state index is 0. The van der Waals surface area contributed by atoms with E-state index in [-0.39, 0.29) is 31.0 Å². The normalized spacial score (nSPS) is 19.1. The number of hydrogen-bond donors (Lipinski definition) is 2. The van der Waals surface area contributed by atoms with Crippen molar-refractivity contribution in [3.05, 3.63) is 0 Å². The molecule has 1 heterocycles. The number of piperazine rings is 1. The highest BCUT2D eigenvalue weighted by molar-refractivity contribution is 5.85. The van der Waals surface area contributed by atoms with E-state index < -0.39 is 0 Å². The second-order valence-electron chi connectivity index (χ2n) is 4.13. The summed E-state index contributed by atoms with van der Waals surface area (Å²) in [4.78, 5) is 15.7. The van der Waals surface area contributed by atoms with Crippen molar-refractivity contribution in [2.45, 2.75) is 19.4 Å². The van der Waals surface area contributed by atoms with Crippen LogP contribution in [0.5, 0.6) is 0 Å². The van der Waals surface area contributed by atoms with Gasteiger partial charge in [-0.25, -0.2) is 0 Å². The van der Waals surface area contributed by atoms with Gasteiger partial charge in [-0.05, 0) is 6.92 Å². The lowest BCUT2D eigenvalue weighted by atomic mass is 10.2. The third-order valence-corrected chi connectivity index (χ3v) is 2.64. The molecule has 6 heteroatoms. The van der Waals surface area contributed by atoms with E-state index >= 15 is 0 Å². The Balaban J connectivity index is 0.00000225. The number of rotatable bonds is 4. The van der Waals surface area contributed by atoms with Gasteiger partial charge in [-0.2, -0.15) is 0 Å². The standard InChI is InChI=1S/C10H21N3O2.ClH/c1-9(11)8-10(15)13-4-2-12(3-5-13)6-7-14;/h9,14H,2-8,11H2,1H3;1H. The average Bonchev–Trinajstić information content (AvgIpc) is 2.18. The summed E-state index contributed by atoms with van der Waals surface area (Å²) >= 11 is 0. The van der Waals surface area contributed by atoms with Crippen LogP contribution in [0, 0.1) is 0 Å². The summed E-state index contributed by atoms with van der Waals surface area (Å²) in [5.41, 5.74) is 5.58. The zero-order valence-electron chi connectivity index (χ0n) is 9.76. The van der Waals surface area contributed by atoms with Gasteiger partial charge in [-0.1, -0.05) is 0 Å². The highest BCUT2D eigenvalue weighted by Gasteiger charge is 2.20. The van der Waals surface area contributed by atoms with Crippen molar-refractivity contribution in [1.29, 1.82) is 0 Å². The van der Waals surface area contributed by atoms with Crippen molar-refractivity contribution in [3.8, 4) is 0 Å². The number of amides is 1. The van der Waals surface area contributed by atoms with Crippen LogP contribution in [-0.4, -0.2) is 66.2 Å². The van der Waals surface area contributed by atoms with Gasteiger partial charge in [0, 0.05) is 45.2 Å². The smallest absolute Gasteiger partial charge is 0.224 e. The van der Waals surface area contributed by atoms with E-state index in [1.807, 2.05) is 11.8 Å². The molecule has 1 atom stereocenters. The predicted molar refractivity (Wildman–Crippen MR) is 65.6 cm³/mol. The zero-order chi connectivity index (χ0) is 11.3. The highest BCUT2D eigenvalue weighted by atomic mass is 35.5. The summed E-state index contributed by atoms with van der Waals surface area (Å²) in [5, 5.41) is 8.77. The molecule has 0 radical (unpaired) electrons. The maximum Gasteiger partial charge on any atom is 0.224 e. The molecule has 3 N–H and O–H groups in total. The first-order chi connectivity index (χ1) is 7.13. The van der Waals surface area contributed by atoms with Crippen LogP contribution in [-0.2, 0) is 4.79 Å². The molecule has 1 fully saturated rings. The fourth-order valence-electron chi connectivity index (χ4n) is 1.77. The van der Waals surface area contributed by atoms with Crippen LogP contribution in [0.3, 0.4) is 0 Å². The van der Waals surface area contributed by atoms with Gasteiger partial charge in [0.25, 0.3) is 0 Å². The van der Waals surface area contributed by atoms with Crippen molar-refractivity contribution in [2.75, 3.05) is 39.3 Å². The molecule has 0 aromatic rings. The van der Waals surface area contributed by atoms with Crippen LogP contribution in [0.15, 0.2) is 0 Å². The molecule has 0 saturated carbocycles. The molecule has 0 bridgehead atoms. The average molecular weight is 252 g/mol. The Hall–Kier alpha value is -0.360. The zero-order valence-corrected chi connectivity index (χ0v) is 10.6. The Kier molecular flexibility index (Phi) is 7.66. The van der Waals surface area contributed by atoms with Crippen molar-refractivity contribution >= 4 is 18.3 Å². The fourth-order valence-corrected chi connectivity index (χ4v) is 1.77. The minimum Gasteiger partial charge on any atom is -0.395 e. The molecular formula is C10H22ClN3O2. The molecule has 1 aliphatic heterocycles.